The molecular weight excluding hydrogens is 340 g/mol. The number of fused-ring (bicyclic) bond motifs is 1. The lowest BCUT2D eigenvalue weighted by Gasteiger charge is -2.29. The summed E-state index contributed by atoms with van der Waals surface area (Å²) in [6.45, 7) is 2.29. The molecule has 1 heteroatoms. The summed E-state index contributed by atoms with van der Waals surface area (Å²) >= 11 is 0. The summed E-state index contributed by atoms with van der Waals surface area (Å²) in [6.07, 6.45) is 19.9. The second kappa shape index (κ2) is 11.5. The van der Waals surface area contributed by atoms with Crippen molar-refractivity contribution in [2.45, 2.75) is 103 Å². The molecule has 1 nitrogen and oxygen atoms in total. The highest BCUT2D eigenvalue weighted by atomic mass is 16.3. The van der Waals surface area contributed by atoms with Gasteiger partial charge in [0.2, 0.25) is 0 Å². The van der Waals surface area contributed by atoms with Crippen molar-refractivity contribution in [1.29, 1.82) is 0 Å². The van der Waals surface area contributed by atoms with Gasteiger partial charge in [0.1, 0.15) is 5.75 Å². The summed E-state index contributed by atoms with van der Waals surface area (Å²) in [5.41, 5.74) is 1.50. The molecule has 0 aromatic heterocycles. The highest BCUT2D eigenvalue weighted by Crippen LogP contribution is 2.38. The zero-order valence-corrected chi connectivity index (χ0v) is 18.0. The highest BCUT2D eigenvalue weighted by Gasteiger charge is 2.22. The van der Waals surface area contributed by atoms with Crippen molar-refractivity contribution in [1.82, 2.24) is 0 Å². The molecule has 0 radical (unpaired) electrons. The Morgan fingerprint density at radius 2 is 1.32 bits per heavy atom. The normalized spacial score (nSPS) is 19.9. The van der Waals surface area contributed by atoms with Crippen LogP contribution in [0.4, 0.5) is 0 Å². The number of unbranched alkanes of at least 4 members (excludes halogenated alkanes) is 8. The van der Waals surface area contributed by atoms with E-state index in [1.807, 2.05) is 12.1 Å². The van der Waals surface area contributed by atoms with Gasteiger partial charge in [0.05, 0.1) is 0 Å². The first kappa shape index (κ1) is 21.2. The molecule has 0 bridgehead atoms. The minimum atomic E-state index is 0.359. The Kier molecular flexibility index (Phi) is 8.70. The molecule has 1 N–H and O–H groups in total. The lowest BCUT2D eigenvalue weighted by Crippen LogP contribution is -2.13. The van der Waals surface area contributed by atoms with Gasteiger partial charge < -0.3 is 5.11 Å². The van der Waals surface area contributed by atoms with Crippen LogP contribution in [0.15, 0.2) is 36.4 Å². The van der Waals surface area contributed by atoms with Crippen LogP contribution in [0.5, 0.6) is 5.75 Å². The van der Waals surface area contributed by atoms with Gasteiger partial charge in [-0.1, -0.05) is 95.4 Å². The van der Waals surface area contributed by atoms with E-state index in [0.29, 0.717) is 5.75 Å². The summed E-state index contributed by atoms with van der Waals surface area (Å²) < 4.78 is 0. The average molecular weight is 381 g/mol. The molecule has 1 saturated carbocycles. The van der Waals surface area contributed by atoms with E-state index >= 15 is 0 Å². The maximum atomic E-state index is 9.64. The first-order chi connectivity index (χ1) is 13.8. The van der Waals surface area contributed by atoms with E-state index in [1.54, 1.807) is 6.07 Å². The predicted molar refractivity (Wildman–Crippen MR) is 122 cm³/mol. The SMILES string of the molecule is CCCCCCCCCCCC1CCC(c2ccc3cc(O)ccc3c2)CC1. The fourth-order valence-electron chi connectivity index (χ4n) is 5.03. The number of hydrogen-bond acceptors (Lipinski definition) is 1. The molecule has 1 fully saturated rings. The molecule has 0 spiro atoms. The zero-order valence-electron chi connectivity index (χ0n) is 18.0. The number of hydrogen-bond donors (Lipinski definition) is 1. The van der Waals surface area contributed by atoms with E-state index in [2.05, 4.69) is 25.1 Å². The van der Waals surface area contributed by atoms with Crippen molar-refractivity contribution < 1.29 is 5.11 Å². The molecule has 0 heterocycles. The van der Waals surface area contributed by atoms with Crippen molar-refractivity contribution in [3.8, 4) is 5.75 Å². The molecule has 28 heavy (non-hydrogen) atoms. The van der Waals surface area contributed by atoms with Gasteiger partial charge in [-0.3, -0.25) is 0 Å². The maximum Gasteiger partial charge on any atom is 0.116 e. The Morgan fingerprint density at radius 3 is 2.04 bits per heavy atom. The Hall–Kier alpha value is -1.50. The summed E-state index contributed by atoms with van der Waals surface area (Å²) in [4.78, 5) is 0. The van der Waals surface area contributed by atoms with E-state index < -0.39 is 0 Å². The fraction of sp³-hybridized carbons (Fsp3) is 0.630. The molecule has 0 atom stereocenters. The molecule has 1 aliphatic rings. The van der Waals surface area contributed by atoms with Gasteiger partial charge in [0, 0.05) is 0 Å². The van der Waals surface area contributed by atoms with Crippen molar-refractivity contribution in [3.63, 3.8) is 0 Å². The van der Waals surface area contributed by atoms with E-state index in [-0.39, 0.29) is 0 Å². The van der Waals surface area contributed by atoms with Crippen LogP contribution in [0.3, 0.4) is 0 Å². The smallest absolute Gasteiger partial charge is 0.116 e. The number of phenolic OH excluding ortho intramolecular Hbond substituents is 1. The minimum absolute atomic E-state index is 0.359. The third-order valence-electron chi connectivity index (χ3n) is 6.88. The molecular formula is C27H40O. The Bertz CT molecular complexity index is 696. The van der Waals surface area contributed by atoms with Crippen LogP contribution < -0.4 is 0 Å². The number of benzene rings is 2. The van der Waals surface area contributed by atoms with Crippen LogP contribution in [-0.4, -0.2) is 5.11 Å². The average Bonchev–Trinajstić information content (AvgIpc) is 2.72. The molecule has 3 rings (SSSR count). The predicted octanol–water partition coefficient (Wildman–Crippen LogP) is 8.74. The molecule has 0 saturated heterocycles. The monoisotopic (exact) mass is 380 g/mol. The molecule has 154 valence electrons. The van der Waals surface area contributed by atoms with Gasteiger partial charge >= 0.3 is 0 Å². The number of phenols is 1. The summed E-state index contributed by atoms with van der Waals surface area (Å²) in [7, 11) is 0. The van der Waals surface area contributed by atoms with Gasteiger partial charge in [-0.15, -0.1) is 0 Å². The molecule has 0 amide bonds. The van der Waals surface area contributed by atoms with E-state index in [1.165, 1.54) is 101 Å². The number of aromatic hydroxyl groups is 1. The van der Waals surface area contributed by atoms with E-state index in [0.717, 1.165) is 17.2 Å². The van der Waals surface area contributed by atoms with E-state index in [4.69, 9.17) is 0 Å². The topological polar surface area (TPSA) is 20.2 Å². The largest absolute Gasteiger partial charge is 0.508 e. The van der Waals surface area contributed by atoms with Gasteiger partial charge in [-0.05, 0) is 66.0 Å². The van der Waals surface area contributed by atoms with Gasteiger partial charge in [-0.25, -0.2) is 0 Å². The summed E-state index contributed by atoms with van der Waals surface area (Å²) in [5.74, 6) is 2.06. The quantitative estimate of drug-likeness (QED) is 0.386. The fourth-order valence-corrected chi connectivity index (χ4v) is 5.03. The van der Waals surface area contributed by atoms with Gasteiger partial charge in [-0.2, -0.15) is 0 Å². The van der Waals surface area contributed by atoms with Crippen molar-refractivity contribution >= 4 is 10.8 Å². The Balaban J connectivity index is 1.32. The summed E-state index contributed by atoms with van der Waals surface area (Å²) in [6, 6.07) is 12.5. The Morgan fingerprint density at radius 1 is 0.714 bits per heavy atom. The third-order valence-corrected chi connectivity index (χ3v) is 6.88. The zero-order chi connectivity index (χ0) is 19.6. The second-order valence-corrected chi connectivity index (χ2v) is 9.13. The van der Waals surface area contributed by atoms with Crippen LogP contribution >= 0.6 is 0 Å². The highest BCUT2D eigenvalue weighted by molar-refractivity contribution is 5.84. The van der Waals surface area contributed by atoms with Crippen molar-refractivity contribution in [2.75, 3.05) is 0 Å². The van der Waals surface area contributed by atoms with Gasteiger partial charge in [0.25, 0.3) is 0 Å². The van der Waals surface area contributed by atoms with Crippen LogP contribution in [0.2, 0.25) is 0 Å². The molecule has 0 aliphatic heterocycles. The lowest BCUT2D eigenvalue weighted by atomic mass is 9.76. The van der Waals surface area contributed by atoms with Crippen molar-refractivity contribution in [3.05, 3.63) is 42.0 Å². The standard InChI is InChI=1S/C27H40O/c1-2-3-4-5-6-7-8-9-10-11-22-12-14-23(15-13-22)24-16-17-26-21-27(28)19-18-25(26)20-24/h16-23,28H,2-15H2,1H3. The van der Waals surface area contributed by atoms with Crippen LogP contribution in [0.1, 0.15) is 108 Å². The molecule has 2 aromatic rings. The van der Waals surface area contributed by atoms with Crippen LogP contribution in [0, 0.1) is 5.92 Å². The lowest BCUT2D eigenvalue weighted by molar-refractivity contribution is 0.302. The van der Waals surface area contributed by atoms with Crippen LogP contribution in [-0.2, 0) is 0 Å². The first-order valence-electron chi connectivity index (χ1n) is 12.0. The van der Waals surface area contributed by atoms with Crippen LogP contribution in [0.25, 0.3) is 10.8 Å². The van der Waals surface area contributed by atoms with Crippen molar-refractivity contribution in [2.24, 2.45) is 5.92 Å². The minimum Gasteiger partial charge on any atom is -0.508 e. The molecule has 2 aromatic carbocycles. The molecule has 0 unspecified atom stereocenters. The number of rotatable bonds is 11. The van der Waals surface area contributed by atoms with Gasteiger partial charge in [0.15, 0.2) is 0 Å². The maximum absolute atomic E-state index is 9.64. The first-order valence-corrected chi connectivity index (χ1v) is 12.0. The van der Waals surface area contributed by atoms with E-state index in [9.17, 15) is 5.11 Å². The Labute approximate surface area is 172 Å². The second-order valence-electron chi connectivity index (χ2n) is 9.13. The summed E-state index contributed by atoms with van der Waals surface area (Å²) in [5, 5.41) is 12.0. The third kappa shape index (κ3) is 6.54. The molecule has 1 aliphatic carbocycles.